The molecule has 1 fully saturated rings. The van der Waals surface area contributed by atoms with Crippen LogP contribution in [-0.2, 0) is 7.05 Å². The van der Waals surface area contributed by atoms with Crippen molar-refractivity contribution in [3.8, 4) is 0 Å². The first-order valence-corrected chi connectivity index (χ1v) is 8.81. The molecule has 0 aromatic carbocycles. The van der Waals surface area contributed by atoms with Crippen molar-refractivity contribution in [1.82, 2.24) is 25.1 Å². The zero-order chi connectivity index (χ0) is 16.5. The number of rotatable bonds is 3. The monoisotopic (exact) mass is 342 g/mol. The summed E-state index contributed by atoms with van der Waals surface area (Å²) in [6.07, 6.45) is 6.93. The number of anilines is 1. The van der Waals surface area contributed by atoms with Gasteiger partial charge >= 0.3 is 0 Å². The summed E-state index contributed by atoms with van der Waals surface area (Å²) < 4.78 is 1.64. The molecule has 1 unspecified atom stereocenters. The van der Waals surface area contributed by atoms with Gasteiger partial charge in [0, 0.05) is 32.4 Å². The lowest BCUT2D eigenvalue weighted by molar-refractivity contribution is 0.0933. The zero-order valence-electron chi connectivity index (χ0n) is 13.3. The molecular weight excluding hydrogens is 324 g/mol. The Morgan fingerprint density at radius 3 is 3.17 bits per heavy atom. The maximum Gasteiger partial charge on any atom is 0.254 e. The SMILES string of the molecule is Cn1cc(C(=O)NC2CCCN(c3ncnc4sccc34)C2)cn1. The average Bonchev–Trinajstić information content (AvgIpc) is 3.23. The summed E-state index contributed by atoms with van der Waals surface area (Å²) in [4.78, 5) is 24.4. The standard InChI is InChI=1S/C16H18N6OS/c1-21-8-11(7-19-21)15(23)20-12-3-2-5-22(9-12)14-13-4-6-24-16(13)18-10-17-14/h4,6-8,10,12H,2-3,5,9H2,1H3,(H,20,23). The van der Waals surface area contributed by atoms with Gasteiger partial charge < -0.3 is 10.2 Å². The fourth-order valence-corrected chi connectivity index (χ4v) is 3.85. The van der Waals surface area contributed by atoms with Crippen LogP contribution < -0.4 is 10.2 Å². The van der Waals surface area contributed by atoms with Gasteiger partial charge in [0.15, 0.2) is 0 Å². The molecule has 1 saturated heterocycles. The molecule has 1 aliphatic heterocycles. The quantitative estimate of drug-likeness (QED) is 0.786. The average molecular weight is 342 g/mol. The van der Waals surface area contributed by atoms with E-state index in [1.165, 1.54) is 0 Å². The van der Waals surface area contributed by atoms with Gasteiger partial charge in [-0.3, -0.25) is 9.48 Å². The number of hydrogen-bond donors (Lipinski definition) is 1. The summed E-state index contributed by atoms with van der Waals surface area (Å²) in [5, 5.41) is 10.3. The first-order valence-electron chi connectivity index (χ1n) is 7.93. The highest BCUT2D eigenvalue weighted by Crippen LogP contribution is 2.28. The zero-order valence-corrected chi connectivity index (χ0v) is 14.2. The minimum atomic E-state index is -0.0710. The van der Waals surface area contributed by atoms with E-state index < -0.39 is 0 Å². The number of hydrogen-bond acceptors (Lipinski definition) is 6. The van der Waals surface area contributed by atoms with Crippen molar-refractivity contribution in [2.24, 2.45) is 7.05 Å². The summed E-state index contributed by atoms with van der Waals surface area (Å²) in [5.41, 5.74) is 0.594. The van der Waals surface area contributed by atoms with Crippen molar-refractivity contribution < 1.29 is 4.79 Å². The van der Waals surface area contributed by atoms with Crippen LogP contribution >= 0.6 is 11.3 Å². The van der Waals surface area contributed by atoms with E-state index in [0.29, 0.717) is 5.56 Å². The first kappa shape index (κ1) is 15.1. The van der Waals surface area contributed by atoms with Gasteiger partial charge in [-0.05, 0) is 24.3 Å². The lowest BCUT2D eigenvalue weighted by atomic mass is 10.0. The first-order chi connectivity index (χ1) is 11.7. The Bertz CT molecular complexity index is 872. The topological polar surface area (TPSA) is 75.9 Å². The molecule has 0 aliphatic carbocycles. The molecule has 3 aromatic heterocycles. The molecule has 1 N–H and O–H groups in total. The Labute approximate surface area is 143 Å². The predicted octanol–water partition coefficient (Wildman–Crippen LogP) is 1.82. The van der Waals surface area contributed by atoms with E-state index >= 15 is 0 Å². The van der Waals surface area contributed by atoms with Crippen LogP contribution in [0.15, 0.2) is 30.2 Å². The molecule has 1 aliphatic rings. The van der Waals surface area contributed by atoms with Crippen molar-refractivity contribution in [2.75, 3.05) is 18.0 Å². The van der Waals surface area contributed by atoms with E-state index in [1.54, 1.807) is 41.8 Å². The van der Waals surface area contributed by atoms with Crippen LogP contribution in [0.1, 0.15) is 23.2 Å². The number of aromatic nitrogens is 4. The van der Waals surface area contributed by atoms with Crippen molar-refractivity contribution >= 4 is 33.3 Å². The van der Waals surface area contributed by atoms with Crippen LogP contribution in [0, 0.1) is 0 Å². The molecule has 0 radical (unpaired) electrons. The molecule has 7 nitrogen and oxygen atoms in total. The molecule has 124 valence electrons. The number of thiophene rings is 1. The van der Waals surface area contributed by atoms with Gasteiger partial charge in [0.05, 0.1) is 17.1 Å². The molecule has 1 amide bonds. The van der Waals surface area contributed by atoms with E-state index in [1.807, 2.05) is 5.38 Å². The lowest BCUT2D eigenvalue weighted by Gasteiger charge is -2.34. The number of carbonyl (C=O) groups is 1. The van der Waals surface area contributed by atoms with Crippen LogP contribution in [-0.4, -0.2) is 44.8 Å². The molecule has 4 rings (SSSR count). The second-order valence-corrected chi connectivity index (χ2v) is 6.89. The third kappa shape index (κ3) is 2.84. The lowest BCUT2D eigenvalue weighted by Crippen LogP contribution is -2.48. The molecule has 0 bridgehead atoms. The smallest absolute Gasteiger partial charge is 0.254 e. The van der Waals surface area contributed by atoms with Gasteiger partial charge in [-0.2, -0.15) is 5.10 Å². The van der Waals surface area contributed by atoms with Gasteiger partial charge in [-0.1, -0.05) is 0 Å². The van der Waals surface area contributed by atoms with Gasteiger partial charge in [0.25, 0.3) is 5.91 Å². The number of amides is 1. The van der Waals surface area contributed by atoms with Crippen molar-refractivity contribution in [3.05, 3.63) is 35.7 Å². The van der Waals surface area contributed by atoms with Crippen LogP contribution in [0.4, 0.5) is 5.82 Å². The van der Waals surface area contributed by atoms with E-state index in [9.17, 15) is 4.79 Å². The van der Waals surface area contributed by atoms with Crippen molar-refractivity contribution in [2.45, 2.75) is 18.9 Å². The molecule has 24 heavy (non-hydrogen) atoms. The number of piperidine rings is 1. The second kappa shape index (κ2) is 6.20. The number of nitrogens with zero attached hydrogens (tertiary/aromatic N) is 5. The van der Waals surface area contributed by atoms with E-state index in [2.05, 4.69) is 31.3 Å². The normalized spacial score (nSPS) is 18.0. The van der Waals surface area contributed by atoms with Crippen molar-refractivity contribution in [1.29, 1.82) is 0 Å². The van der Waals surface area contributed by atoms with E-state index in [0.717, 1.165) is 42.0 Å². The highest BCUT2D eigenvalue weighted by Gasteiger charge is 2.24. The van der Waals surface area contributed by atoms with Gasteiger partial charge in [-0.15, -0.1) is 11.3 Å². The van der Waals surface area contributed by atoms with Crippen LogP contribution in [0.25, 0.3) is 10.2 Å². The fraction of sp³-hybridized carbons (Fsp3) is 0.375. The van der Waals surface area contributed by atoms with Crippen molar-refractivity contribution in [3.63, 3.8) is 0 Å². The van der Waals surface area contributed by atoms with E-state index in [-0.39, 0.29) is 11.9 Å². The summed E-state index contributed by atoms with van der Waals surface area (Å²) in [6.45, 7) is 1.70. The molecule has 8 heteroatoms. The molecule has 3 aromatic rings. The third-order valence-electron chi connectivity index (χ3n) is 4.26. The highest BCUT2D eigenvalue weighted by molar-refractivity contribution is 7.16. The van der Waals surface area contributed by atoms with Gasteiger partial charge in [-0.25, -0.2) is 9.97 Å². The maximum absolute atomic E-state index is 12.3. The van der Waals surface area contributed by atoms with Gasteiger partial charge in [0.2, 0.25) is 0 Å². The Kier molecular flexibility index (Phi) is 3.89. The molecule has 4 heterocycles. The minimum absolute atomic E-state index is 0.0710. The third-order valence-corrected chi connectivity index (χ3v) is 5.08. The predicted molar refractivity (Wildman–Crippen MR) is 93.3 cm³/mol. The Hall–Kier alpha value is -2.48. The minimum Gasteiger partial charge on any atom is -0.354 e. The fourth-order valence-electron chi connectivity index (χ4n) is 3.12. The van der Waals surface area contributed by atoms with Crippen LogP contribution in [0.2, 0.25) is 0 Å². The molecule has 0 spiro atoms. The number of aryl methyl sites for hydroxylation is 1. The number of carbonyl (C=O) groups excluding carboxylic acids is 1. The molecule has 0 saturated carbocycles. The number of nitrogens with one attached hydrogen (secondary N) is 1. The summed E-state index contributed by atoms with van der Waals surface area (Å²) in [7, 11) is 1.81. The highest BCUT2D eigenvalue weighted by atomic mass is 32.1. The van der Waals surface area contributed by atoms with Crippen LogP contribution in [0.5, 0.6) is 0 Å². The Morgan fingerprint density at radius 2 is 2.33 bits per heavy atom. The molecular formula is C16H18N6OS. The number of fused-ring (bicyclic) bond motifs is 1. The molecule has 1 atom stereocenters. The summed E-state index contributed by atoms with van der Waals surface area (Å²) >= 11 is 1.62. The van der Waals surface area contributed by atoms with Gasteiger partial charge in [0.1, 0.15) is 17.0 Å². The maximum atomic E-state index is 12.3. The Balaban J connectivity index is 1.49. The Morgan fingerprint density at radius 1 is 1.42 bits per heavy atom. The second-order valence-electron chi connectivity index (χ2n) is 6.00. The van der Waals surface area contributed by atoms with E-state index in [4.69, 9.17) is 0 Å². The summed E-state index contributed by atoms with van der Waals surface area (Å²) in [5.74, 6) is 0.889. The van der Waals surface area contributed by atoms with Crippen LogP contribution in [0.3, 0.4) is 0 Å². The summed E-state index contributed by atoms with van der Waals surface area (Å²) in [6, 6.07) is 2.17. The largest absolute Gasteiger partial charge is 0.354 e.